The fraction of sp³-hybridized carbons (Fsp3) is 0. The van der Waals surface area contributed by atoms with Gasteiger partial charge in [-0.2, -0.15) is 0 Å². The van der Waals surface area contributed by atoms with Gasteiger partial charge in [-0.25, -0.2) is 0 Å². The van der Waals surface area contributed by atoms with Gasteiger partial charge in [0, 0.05) is 6.20 Å². The number of pyridine rings is 1. The minimum atomic E-state index is 0.320. The molecule has 0 unspecified atom stereocenters. The average molecular weight is 187 g/mol. The number of nitrogens with two attached hydrogens (primary N) is 1. The molecule has 0 fully saturated rings. The van der Waals surface area contributed by atoms with Crippen molar-refractivity contribution in [2.45, 2.75) is 0 Å². The Balaban J connectivity index is 2.67. The van der Waals surface area contributed by atoms with Crippen LogP contribution in [0.5, 0.6) is 0 Å². The van der Waals surface area contributed by atoms with Crippen LogP contribution in [0.3, 0.4) is 0 Å². The first-order valence-electron chi connectivity index (χ1n) is 3.95. The molecule has 0 aliphatic rings. The van der Waals surface area contributed by atoms with E-state index in [0.717, 1.165) is 5.39 Å². The van der Waals surface area contributed by atoms with Crippen LogP contribution in [-0.2, 0) is 0 Å². The third-order valence-electron chi connectivity index (χ3n) is 1.95. The predicted octanol–water partition coefficient (Wildman–Crippen LogP) is -0.350. The third kappa shape index (κ3) is 0.777. The molecule has 0 spiro atoms. The average Bonchev–Trinajstić information content (AvgIpc) is 2.66. The highest BCUT2D eigenvalue weighted by Gasteiger charge is 2.08. The van der Waals surface area contributed by atoms with Crippen LogP contribution in [0.2, 0.25) is 0 Å². The Morgan fingerprint density at radius 1 is 1.36 bits per heavy atom. The number of nitrogen functional groups attached to an aromatic ring is 1. The number of nitrogens with zero attached hydrogens (tertiary/aromatic N) is 6. The quantitative estimate of drug-likeness (QED) is 0.516. The Labute approximate surface area is 77.5 Å². The minimum absolute atomic E-state index is 0.320. The Morgan fingerprint density at radius 2 is 2.29 bits per heavy atom. The summed E-state index contributed by atoms with van der Waals surface area (Å²) in [7, 11) is 0. The zero-order valence-electron chi connectivity index (χ0n) is 6.99. The minimum Gasteiger partial charge on any atom is -0.380 e. The molecule has 3 rings (SSSR count). The maximum atomic E-state index is 5.69. The predicted molar refractivity (Wildman–Crippen MR) is 48.3 cm³/mol. The van der Waals surface area contributed by atoms with Crippen LogP contribution in [0.1, 0.15) is 0 Å². The van der Waals surface area contributed by atoms with Crippen molar-refractivity contribution >= 4 is 22.4 Å². The summed E-state index contributed by atoms with van der Waals surface area (Å²) in [4.78, 5) is 4.11. The zero-order valence-corrected chi connectivity index (χ0v) is 6.99. The van der Waals surface area contributed by atoms with Gasteiger partial charge in [0.2, 0.25) is 5.65 Å². The van der Waals surface area contributed by atoms with Crippen molar-refractivity contribution in [2.75, 3.05) is 5.73 Å². The van der Waals surface area contributed by atoms with E-state index in [2.05, 4.69) is 25.6 Å². The highest BCUT2D eigenvalue weighted by Crippen LogP contribution is 2.18. The van der Waals surface area contributed by atoms with Crippen LogP contribution >= 0.6 is 0 Å². The first-order chi connectivity index (χ1) is 6.86. The lowest BCUT2D eigenvalue weighted by molar-refractivity contribution is 0.740. The standard InChI is InChI=1S/C7H5N7/c8-6-5-4(2-1-3-9-5)7-10-12-13-14(7)11-6/h1-3H,(H2,8,11). The normalized spacial score (nSPS) is 11.1. The van der Waals surface area contributed by atoms with Crippen molar-refractivity contribution in [3.05, 3.63) is 18.3 Å². The van der Waals surface area contributed by atoms with Gasteiger partial charge >= 0.3 is 0 Å². The van der Waals surface area contributed by atoms with Gasteiger partial charge in [-0.05, 0) is 22.6 Å². The van der Waals surface area contributed by atoms with Gasteiger partial charge in [0.1, 0.15) is 5.52 Å². The monoisotopic (exact) mass is 187 g/mol. The largest absolute Gasteiger partial charge is 0.380 e. The summed E-state index contributed by atoms with van der Waals surface area (Å²) < 4.78 is 1.29. The first-order valence-corrected chi connectivity index (χ1v) is 3.95. The van der Waals surface area contributed by atoms with Gasteiger partial charge in [0.15, 0.2) is 5.82 Å². The van der Waals surface area contributed by atoms with E-state index >= 15 is 0 Å². The lowest BCUT2D eigenvalue weighted by Crippen LogP contribution is -2.02. The van der Waals surface area contributed by atoms with E-state index in [0.29, 0.717) is 17.0 Å². The van der Waals surface area contributed by atoms with Crippen LogP contribution in [0.25, 0.3) is 16.6 Å². The second-order valence-corrected chi connectivity index (χ2v) is 2.78. The molecule has 7 nitrogen and oxygen atoms in total. The van der Waals surface area contributed by atoms with Crippen molar-refractivity contribution in [3.63, 3.8) is 0 Å². The van der Waals surface area contributed by atoms with Gasteiger partial charge < -0.3 is 5.73 Å². The van der Waals surface area contributed by atoms with E-state index in [1.165, 1.54) is 4.63 Å². The topological polar surface area (TPSA) is 94.9 Å². The summed E-state index contributed by atoms with van der Waals surface area (Å²) in [6, 6.07) is 3.66. The summed E-state index contributed by atoms with van der Waals surface area (Å²) >= 11 is 0. The van der Waals surface area contributed by atoms with E-state index in [-0.39, 0.29) is 0 Å². The fourth-order valence-corrected chi connectivity index (χ4v) is 1.35. The molecule has 0 radical (unpaired) electrons. The lowest BCUT2D eigenvalue weighted by atomic mass is 10.3. The van der Waals surface area contributed by atoms with Crippen LogP contribution in [-0.4, -0.2) is 30.2 Å². The fourth-order valence-electron chi connectivity index (χ4n) is 1.35. The van der Waals surface area contributed by atoms with Crippen LogP contribution in [0, 0.1) is 0 Å². The summed E-state index contributed by atoms with van der Waals surface area (Å²) in [5.74, 6) is 0.320. The summed E-state index contributed by atoms with van der Waals surface area (Å²) in [6.45, 7) is 0. The molecule has 0 aliphatic carbocycles. The molecule has 0 atom stereocenters. The van der Waals surface area contributed by atoms with Crippen LogP contribution in [0.4, 0.5) is 5.82 Å². The molecule has 0 amide bonds. The van der Waals surface area contributed by atoms with Gasteiger partial charge in [-0.3, -0.25) is 4.98 Å². The summed E-state index contributed by atoms with van der Waals surface area (Å²) in [5, 5.41) is 15.8. The molecule has 7 heteroatoms. The van der Waals surface area contributed by atoms with Crippen LogP contribution < -0.4 is 5.73 Å². The van der Waals surface area contributed by atoms with E-state index in [1.807, 2.05) is 6.07 Å². The molecule has 3 aromatic heterocycles. The second-order valence-electron chi connectivity index (χ2n) is 2.78. The molecule has 14 heavy (non-hydrogen) atoms. The number of tetrazole rings is 1. The maximum absolute atomic E-state index is 5.69. The lowest BCUT2D eigenvalue weighted by Gasteiger charge is -1.99. The van der Waals surface area contributed by atoms with Crippen molar-refractivity contribution in [3.8, 4) is 0 Å². The second kappa shape index (κ2) is 2.34. The van der Waals surface area contributed by atoms with E-state index in [9.17, 15) is 0 Å². The van der Waals surface area contributed by atoms with Crippen LogP contribution in [0.15, 0.2) is 18.3 Å². The van der Waals surface area contributed by atoms with E-state index < -0.39 is 0 Å². The highest BCUT2D eigenvalue weighted by atomic mass is 15.6. The molecule has 0 aliphatic heterocycles. The zero-order chi connectivity index (χ0) is 9.54. The Bertz CT molecular complexity index is 614. The van der Waals surface area contributed by atoms with Gasteiger partial charge in [-0.15, -0.1) is 14.8 Å². The number of hydrogen-bond acceptors (Lipinski definition) is 6. The number of hydrogen-bond donors (Lipinski definition) is 1. The first kappa shape index (κ1) is 7.13. The van der Waals surface area contributed by atoms with Crippen molar-refractivity contribution in [2.24, 2.45) is 0 Å². The van der Waals surface area contributed by atoms with Gasteiger partial charge in [0.25, 0.3) is 0 Å². The highest BCUT2D eigenvalue weighted by molar-refractivity contribution is 5.95. The third-order valence-corrected chi connectivity index (χ3v) is 1.95. The van der Waals surface area contributed by atoms with E-state index in [4.69, 9.17) is 5.73 Å². The Kier molecular flexibility index (Phi) is 1.19. The maximum Gasteiger partial charge on any atom is 0.209 e. The van der Waals surface area contributed by atoms with Crippen molar-refractivity contribution in [1.82, 2.24) is 30.2 Å². The molecule has 3 aromatic rings. The summed E-state index contributed by atoms with van der Waals surface area (Å²) in [6.07, 6.45) is 1.65. The Morgan fingerprint density at radius 3 is 3.21 bits per heavy atom. The molecule has 0 aromatic carbocycles. The molecule has 2 N–H and O–H groups in total. The molecule has 0 saturated carbocycles. The molecule has 0 saturated heterocycles. The van der Waals surface area contributed by atoms with E-state index in [1.54, 1.807) is 12.3 Å². The van der Waals surface area contributed by atoms with Gasteiger partial charge in [-0.1, -0.05) is 0 Å². The van der Waals surface area contributed by atoms with Crippen molar-refractivity contribution < 1.29 is 0 Å². The molecule has 68 valence electrons. The molecule has 3 heterocycles. The number of anilines is 1. The van der Waals surface area contributed by atoms with Crippen molar-refractivity contribution in [1.29, 1.82) is 0 Å². The smallest absolute Gasteiger partial charge is 0.209 e. The molecular formula is C7H5N7. The molecular weight excluding hydrogens is 182 g/mol. The number of aromatic nitrogens is 6. The molecule has 0 bridgehead atoms. The SMILES string of the molecule is Nc1nn2nnnc2c2cccnc12. The number of fused-ring (bicyclic) bond motifs is 3. The Hall–Kier alpha value is -2.31. The summed E-state index contributed by atoms with van der Waals surface area (Å²) in [5.41, 5.74) is 6.87. The number of rotatable bonds is 0. The van der Waals surface area contributed by atoms with Gasteiger partial charge in [0.05, 0.1) is 5.39 Å².